The van der Waals surface area contributed by atoms with Crippen molar-refractivity contribution in [3.05, 3.63) is 152 Å². The third-order valence-corrected chi connectivity index (χ3v) is 17.3. The van der Waals surface area contributed by atoms with Crippen LogP contribution in [0.2, 0.25) is 18.6 Å². The molecule has 5 aromatic rings. The number of benzene rings is 4. The first-order chi connectivity index (χ1) is 28.8. The smallest absolute Gasteiger partial charge is 0.297 e. The van der Waals surface area contributed by atoms with Crippen LogP contribution >= 0.6 is 0 Å². The summed E-state index contributed by atoms with van der Waals surface area (Å²) in [6.07, 6.45) is 1.37. The van der Waals surface area contributed by atoms with E-state index in [1.165, 1.54) is 23.8 Å². The van der Waals surface area contributed by atoms with Crippen LogP contribution in [0.15, 0.2) is 114 Å². The summed E-state index contributed by atoms with van der Waals surface area (Å²) >= 11 is 0. The van der Waals surface area contributed by atoms with Crippen LogP contribution in [0.1, 0.15) is 35.6 Å². The number of amides is 2. The molecule has 0 radical (unpaired) electrons. The Morgan fingerprint density at radius 2 is 1.67 bits per heavy atom. The van der Waals surface area contributed by atoms with Gasteiger partial charge in [0.1, 0.15) is 5.75 Å². The van der Waals surface area contributed by atoms with Gasteiger partial charge in [0, 0.05) is 42.0 Å². The van der Waals surface area contributed by atoms with Crippen molar-refractivity contribution in [2.45, 2.75) is 69.2 Å². The molecular weight excluding hydrogens is 781 g/mol. The number of methoxy groups -OCH3 is 2. The highest BCUT2D eigenvalue weighted by Crippen LogP contribution is 2.60. The molecule has 310 valence electrons. The monoisotopic (exact) mass is 828 g/mol. The number of carbonyl (C=O) groups is 2. The van der Waals surface area contributed by atoms with E-state index in [9.17, 15) is 24.8 Å². The minimum absolute atomic E-state index is 0.0509. The maximum absolute atomic E-state index is 15.4. The van der Waals surface area contributed by atoms with Crippen LogP contribution in [-0.4, -0.2) is 72.4 Å². The molecule has 8 rings (SSSR count). The minimum atomic E-state index is -2.68. The SMILES string of the molecule is COc1ccc([Si](C)(C)[C@H]2[C@H](CC(=O)N3Cc4ccccc4C[C@H]3CO)O[C@@]3(C(=O)N(Cc4ccc(-n5cccc(OC)c5=O)cc4)c4ccc([N+](=O)[O-])cc43)[C@@H]2C)cc1. The summed E-state index contributed by atoms with van der Waals surface area (Å²) in [7, 11) is 0.375. The normalized spacial score (nSPS) is 22.1. The number of anilines is 1. The summed E-state index contributed by atoms with van der Waals surface area (Å²) in [6, 6.07) is 30.4. The van der Waals surface area contributed by atoms with E-state index in [-0.39, 0.29) is 53.9 Å². The van der Waals surface area contributed by atoms with E-state index in [2.05, 4.69) is 13.1 Å². The molecule has 3 aliphatic rings. The van der Waals surface area contributed by atoms with Gasteiger partial charge in [0.15, 0.2) is 11.4 Å². The lowest BCUT2D eigenvalue weighted by Gasteiger charge is -2.39. The molecule has 0 saturated carbocycles. The van der Waals surface area contributed by atoms with E-state index in [1.807, 2.05) is 67.6 Å². The summed E-state index contributed by atoms with van der Waals surface area (Å²) in [5, 5.41) is 23.9. The number of carbonyl (C=O) groups excluding carboxylic acids is 2. The van der Waals surface area contributed by atoms with Crippen molar-refractivity contribution in [1.29, 1.82) is 0 Å². The summed E-state index contributed by atoms with van der Waals surface area (Å²) in [5.41, 5.74) is 1.92. The molecule has 4 heterocycles. The van der Waals surface area contributed by atoms with E-state index in [4.69, 9.17) is 14.2 Å². The van der Waals surface area contributed by atoms with E-state index in [0.717, 1.165) is 21.9 Å². The maximum Gasteiger partial charge on any atom is 0.297 e. The van der Waals surface area contributed by atoms with Crippen molar-refractivity contribution in [2.24, 2.45) is 5.92 Å². The molecular formula is C46H48N4O9Si. The van der Waals surface area contributed by atoms with Gasteiger partial charge in [-0.15, -0.1) is 0 Å². The summed E-state index contributed by atoms with van der Waals surface area (Å²) in [5.74, 6) is -0.168. The molecule has 1 fully saturated rings. The zero-order valence-corrected chi connectivity index (χ0v) is 35.2. The lowest BCUT2D eigenvalue weighted by molar-refractivity contribution is -0.385. The molecule has 14 heteroatoms. The van der Waals surface area contributed by atoms with E-state index in [1.54, 1.807) is 53.4 Å². The fourth-order valence-corrected chi connectivity index (χ4v) is 13.9. The Kier molecular flexibility index (Phi) is 10.7. The predicted octanol–water partition coefficient (Wildman–Crippen LogP) is 5.86. The third-order valence-electron chi connectivity index (χ3n) is 13.0. The number of ether oxygens (including phenoxy) is 3. The molecule has 5 atom stereocenters. The molecule has 1 aromatic heterocycles. The van der Waals surface area contributed by atoms with Crippen LogP contribution in [0.25, 0.3) is 5.69 Å². The Hall–Kier alpha value is -6.09. The standard InChI is InChI=1S/C46H48N4O9Si/c1-29-43(60(4,5)37-19-17-36(57-2)18-20-37)41(25-42(52)48-27-32-10-7-6-9-31(32)23-35(48)28-51)59-46(29)38-24-34(50(55)56)16-21-39(38)49(45(46)54)26-30-12-14-33(15-13-30)47-22-8-11-40(58-3)44(47)53/h6-22,24,29,35,41,43,51H,23,25-28H2,1-5H3/t29-,35+,41+,43-,46+/m1/s1. The third kappa shape index (κ3) is 6.78. The molecule has 0 aliphatic carbocycles. The van der Waals surface area contributed by atoms with Crippen molar-refractivity contribution in [2.75, 3.05) is 25.7 Å². The van der Waals surface area contributed by atoms with Gasteiger partial charge in [0.2, 0.25) is 5.91 Å². The predicted molar refractivity (Wildman–Crippen MR) is 229 cm³/mol. The summed E-state index contributed by atoms with van der Waals surface area (Å²) < 4.78 is 19.3. The van der Waals surface area contributed by atoms with Crippen molar-refractivity contribution in [1.82, 2.24) is 9.47 Å². The molecule has 1 N–H and O–H groups in total. The highest BCUT2D eigenvalue weighted by Gasteiger charge is 2.67. The second-order valence-electron chi connectivity index (χ2n) is 16.5. The van der Waals surface area contributed by atoms with Crippen molar-refractivity contribution in [3.8, 4) is 17.2 Å². The van der Waals surface area contributed by atoms with Gasteiger partial charge in [-0.2, -0.15) is 0 Å². The van der Waals surface area contributed by atoms with Gasteiger partial charge in [0.25, 0.3) is 17.2 Å². The lowest BCUT2D eigenvalue weighted by atomic mass is 9.82. The van der Waals surface area contributed by atoms with Crippen LogP contribution in [0, 0.1) is 16.0 Å². The average molecular weight is 829 g/mol. The lowest BCUT2D eigenvalue weighted by Crippen LogP contribution is -2.52. The Balaban J connectivity index is 1.19. The number of aliphatic hydroxyl groups is 1. The van der Waals surface area contributed by atoms with Gasteiger partial charge in [-0.05, 0) is 71.1 Å². The molecule has 1 spiro atoms. The number of pyridine rings is 1. The molecule has 0 unspecified atom stereocenters. The van der Waals surface area contributed by atoms with Crippen molar-refractivity contribution in [3.63, 3.8) is 0 Å². The number of nitrogens with zero attached hydrogens (tertiary/aromatic N) is 4. The first kappa shape index (κ1) is 40.7. The topological polar surface area (TPSA) is 154 Å². The Morgan fingerprint density at radius 1 is 0.950 bits per heavy atom. The number of aliphatic hydroxyl groups excluding tert-OH is 1. The number of nitro groups is 1. The van der Waals surface area contributed by atoms with Gasteiger partial charge >= 0.3 is 0 Å². The highest BCUT2D eigenvalue weighted by molar-refractivity contribution is 6.91. The van der Waals surface area contributed by atoms with Gasteiger partial charge in [-0.25, -0.2) is 0 Å². The Bertz CT molecular complexity index is 2520. The fraction of sp³-hybridized carbons (Fsp3) is 0.326. The molecule has 0 bridgehead atoms. The van der Waals surface area contributed by atoms with Crippen LogP contribution in [-0.2, 0) is 39.4 Å². The van der Waals surface area contributed by atoms with E-state index in [0.29, 0.717) is 35.7 Å². The molecule has 60 heavy (non-hydrogen) atoms. The van der Waals surface area contributed by atoms with Gasteiger partial charge < -0.3 is 29.1 Å². The number of hydrogen-bond acceptors (Lipinski definition) is 9. The largest absolute Gasteiger partial charge is 0.497 e. The maximum atomic E-state index is 15.4. The number of non-ortho nitro benzene ring substituents is 1. The van der Waals surface area contributed by atoms with Crippen molar-refractivity contribution >= 4 is 36.4 Å². The van der Waals surface area contributed by atoms with Gasteiger partial charge in [-0.3, -0.25) is 29.1 Å². The highest BCUT2D eigenvalue weighted by atomic mass is 28.3. The molecule has 3 aliphatic heterocycles. The Morgan fingerprint density at radius 3 is 2.33 bits per heavy atom. The molecule has 13 nitrogen and oxygen atoms in total. The number of aromatic nitrogens is 1. The van der Waals surface area contributed by atoms with Crippen LogP contribution in [0.3, 0.4) is 0 Å². The van der Waals surface area contributed by atoms with Gasteiger partial charge in [0.05, 0.1) is 64.6 Å². The summed E-state index contributed by atoms with van der Waals surface area (Å²) in [4.78, 5) is 58.1. The van der Waals surface area contributed by atoms with Crippen LogP contribution in [0.5, 0.6) is 11.5 Å². The number of hydrogen-bond donors (Lipinski definition) is 1. The molecule has 1 saturated heterocycles. The first-order valence-electron chi connectivity index (χ1n) is 20.1. The van der Waals surface area contributed by atoms with Crippen LogP contribution < -0.4 is 25.1 Å². The Labute approximate surface area is 348 Å². The average Bonchev–Trinajstić information content (AvgIpc) is 3.68. The quantitative estimate of drug-likeness (QED) is 0.0980. The van der Waals surface area contributed by atoms with E-state index >= 15 is 4.79 Å². The fourth-order valence-electron chi connectivity index (χ4n) is 9.88. The second kappa shape index (κ2) is 15.8. The first-order valence-corrected chi connectivity index (χ1v) is 23.1. The summed E-state index contributed by atoms with van der Waals surface area (Å²) in [6.45, 7) is 6.65. The molecule has 2 amide bonds. The zero-order chi connectivity index (χ0) is 42.5. The second-order valence-corrected chi connectivity index (χ2v) is 21.1. The number of nitro benzene ring substituents is 1. The van der Waals surface area contributed by atoms with E-state index < -0.39 is 36.7 Å². The molecule has 4 aromatic carbocycles. The number of fused-ring (bicyclic) bond motifs is 3. The zero-order valence-electron chi connectivity index (χ0n) is 34.2. The number of rotatable bonds is 11. The van der Waals surface area contributed by atoms with Crippen molar-refractivity contribution < 1.29 is 33.8 Å². The minimum Gasteiger partial charge on any atom is -0.497 e. The van der Waals surface area contributed by atoms with Crippen LogP contribution in [0.4, 0.5) is 11.4 Å². The van der Waals surface area contributed by atoms with Gasteiger partial charge in [-0.1, -0.05) is 73.7 Å².